The number of nitrogens with one attached hydrogen (secondary N) is 2. The fourth-order valence-corrected chi connectivity index (χ4v) is 2.99. The van der Waals surface area contributed by atoms with Gasteiger partial charge in [-0.15, -0.1) is 0 Å². The second kappa shape index (κ2) is 6.66. The molecule has 1 aromatic rings. The van der Waals surface area contributed by atoms with Crippen molar-refractivity contribution in [1.29, 1.82) is 0 Å². The Bertz CT molecular complexity index is 561. The van der Waals surface area contributed by atoms with E-state index in [4.69, 9.17) is 16.7 Å². The highest BCUT2D eigenvalue weighted by molar-refractivity contribution is 9.10. The monoisotopic (exact) mass is 374 g/mol. The Balaban J connectivity index is 1.90. The van der Waals surface area contributed by atoms with E-state index in [1.54, 1.807) is 18.2 Å². The van der Waals surface area contributed by atoms with Crippen LogP contribution in [0.1, 0.15) is 25.7 Å². The molecular formula is C14H16BrClN2O3. The molecule has 0 saturated heterocycles. The molecule has 114 valence electrons. The zero-order valence-corrected chi connectivity index (χ0v) is 13.6. The number of hydrogen-bond acceptors (Lipinski definition) is 2. The van der Waals surface area contributed by atoms with Gasteiger partial charge in [-0.3, -0.25) is 4.79 Å². The fraction of sp³-hybridized carbons (Fsp3) is 0.429. The van der Waals surface area contributed by atoms with Crippen LogP contribution in [0, 0.1) is 5.41 Å². The second-order valence-electron chi connectivity index (χ2n) is 5.33. The summed E-state index contributed by atoms with van der Waals surface area (Å²) in [6.07, 6.45) is 2.77. The number of urea groups is 1. The number of rotatable bonds is 5. The molecule has 2 amide bonds. The molecule has 1 fully saturated rings. The zero-order chi connectivity index (χ0) is 15.5. The van der Waals surface area contributed by atoms with E-state index < -0.39 is 5.97 Å². The topological polar surface area (TPSA) is 78.4 Å². The summed E-state index contributed by atoms with van der Waals surface area (Å²) in [5.41, 5.74) is 0.273. The van der Waals surface area contributed by atoms with E-state index in [1.807, 2.05) is 0 Å². The highest BCUT2D eigenvalue weighted by Crippen LogP contribution is 2.43. The van der Waals surface area contributed by atoms with Gasteiger partial charge in [0.25, 0.3) is 0 Å². The van der Waals surface area contributed by atoms with Crippen molar-refractivity contribution in [1.82, 2.24) is 5.32 Å². The summed E-state index contributed by atoms with van der Waals surface area (Å²) in [5, 5.41) is 14.9. The molecule has 21 heavy (non-hydrogen) atoms. The molecule has 0 aromatic heterocycles. The number of carbonyl (C=O) groups is 2. The van der Waals surface area contributed by atoms with Crippen LogP contribution in [0.2, 0.25) is 5.02 Å². The summed E-state index contributed by atoms with van der Waals surface area (Å²) in [5.74, 6) is -0.825. The predicted molar refractivity (Wildman–Crippen MR) is 84.7 cm³/mol. The van der Waals surface area contributed by atoms with E-state index in [9.17, 15) is 9.59 Å². The first-order chi connectivity index (χ1) is 9.92. The number of carbonyl (C=O) groups excluding carboxylic acids is 1. The smallest absolute Gasteiger partial charge is 0.319 e. The van der Waals surface area contributed by atoms with Gasteiger partial charge in [-0.05, 0) is 46.3 Å². The van der Waals surface area contributed by atoms with Crippen molar-refractivity contribution < 1.29 is 14.7 Å². The van der Waals surface area contributed by atoms with Crippen LogP contribution in [0.3, 0.4) is 0 Å². The van der Waals surface area contributed by atoms with Gasteiger partial charge in [0.1, 0.15) is 0 Å². The lowest BCUT2D eigenvalue weighted by Crippen LogP contribution is -2.44. The quantitative estimate of drug-likeness (QED) is 0.731. The van der Waals surface area contributed by atoms with Crippen molar-refractivity contribution in [2.45, 2.75) is 25.7 Å². The standard InChI is InChI=1S/C14H16BrClN2O3/c15-12-9(16)3-1-4-10(12)18-13(21)17-8-14(5-2-6-14)7-11(19)20/h1,3-4H,2,5-8H2,(H,19,20)(H2,17,18,21). The number of aliphatic carboxylic acids is 1. The number of carboxylic acid groups (broad SMARTS) is 1. The predicted octanol–water partition coefficient (Wildman–Crippen LogP) is 3.87. The molecule has 1 aliphatic rings. The largest absolute Gasteiger partial charge is 0.481 e. The van der Waals surface area contributed by atoms with Crippen LogP contribution in [0.5, 0.6) is 0 Å². The Hall–Kier alpha value is -1.27. The molecule has 1 aromatic carbocycles. The Labute approximate surface area is 136 Å². The SMILES string of the molecule is O=C(O)CC1(CNC(=O)Nc2cccc(Cl)c2Br)CCC1. The van der Waals surface area contributed by atoms with Crippen molar-refractivity contribution in [3.05, 3.63) is 27.7 Å². The third-order valence-electron chi connectivity index (χ3n) is 3.76. The van der Waals surface area contributed by atoms with Gasteiger partial charge in [-0.25, -0.2) is 4.79 Å². The molecule has 0 radical (unpaired) electrons. The minimum atomic E-state index is -0.825. The van der Waals surface area contributed by atoms with Crippen molar-refractivity contribution in [2.75, 3.05) is 11.9 Å². The molecule has 7 heteroatoms. The van der Waals surface area contributed by atoms with Crippen molar-refractivity contribution in [3.8, 4) is 0 Å². The van der Waals surface area contributed by atoms with Crippen LogP contribution in [0.15, 0.2) is 22.7 Å². The van der Waals surface area contributed by atoms with Gasteiger partial charge in [0.05, 0.1) is 21.6 Å². The van der Waals surface area contributed by atoms with E-state index in [2.05, 4.69) is 26.6 Å². The van der Waals surface area contributed by atoms with Gasteiger partial charge in [-0.2, -0.15) is 0 Å². The maximum absolute atomic E-state index is 11.9. The molecule has 1 aliphatic carbocycles. The third kappa shape index (κ3) is 4.11. The minimum Gasteiger partial charge on any atom is -0.481 e. The Morgan fingerprint density at radius 3 is 2.67 bits per heavy atom. The summed E-state index contributed by atoms with van der Waals surface area (Å²) in [6, 6.07) is 4.81. The van der Waals surface area contributed by atoms with Gasteiger partial charge in [0.15, 0.2) is 0 Å². The molecule has 0 atom stereocenters. The number of halogens is 2. The molecule has 5 nitrogen and oxygen atoms in total. The Kier molecular flexibility index (Phi) is 5.11. The fourth-order valence-electron chi connectivity index (χ4n) is 2.45. The van der Waals surface area contributed by atoms with Crippen LogP contribution in [0.25, 0.3) is 0 Å². The number of carboxylic acids is 1. The highest BCUT2D eigenvalue weighted by atomic mass is 79.9. The molecule has 0 unspecified atom stereocenters. The normalized spacial score (nSPS) is 15.9. The summed E-state index contributed by atoms with van der Waals surface area (Å²) >= 11 is 9.26. The molecule has 0 aliphatic heterocycles. The van der Waals surface area contributed by atoms with Crippen molar-refractivity contribution in [2.24, 2.45) is 5.41 Å². The first-order valence-electron chi connectivity index (χ1n) is 6.63. The van der Waals surface area contributed by atoms with Gasteiger partial charge in [0.2, 0.25) is 0 Å². The van der Waals surface area contributed by atoms with Crippen molar-refractivity contribution >= 4 is 45.2 Å². The van der Waals surface area contributed by atoms with Crippen molar-refractivity contribution in [3.63, 3.8) is 0 Å². The highest BCUT2D eigenvalue weighted by Gasteiger charge is 2.39. The molecule has 0 bridgehead atoms. The zero-order valence-electron chi connectivity index (χ0n) is 11.3. The molecule has 0 heterocycles. The second-order valence-corrected chi connectivity index (χ2v) is 6.53. The number of amides is 2. The van der Waals surface area contributed by atoms with Crippen LogP contribution >= 0.6 is 27.5 Å². The van der Waals surface area contributed by atoms with E-state index in [-0.39, 0.29) is 17.9 Å². The number of anilines is 1. The average molecular weight is 376 g/mol. The van der Waals surface area contributed by atoms with Crippen LogP contribution in [0.4, 0.5) is 10.5 Å². The Morgan fingerprint density at radius 2 is 2.10 bits per heavy atom. The Morgan fingerprint density at radius 1 is 1.38 bits per heavy atom. The minimum absolute atomic E-state index is 0.0914. The third-order valence-corrected chi connectivity index (χ3v) is 5.16. The number of hydrogen-bond donors (Lipinski definition) is 3. The van der Waals surface area contributed by atoms with Gasteiger partial charge in [0, 0.05) is 6.54 Å². The lowest BCUT2D eigenvalue weighted by Gasteiger charge is -2.40. The lowest BCUT2D eigenvalue weighted by molar-refractivity contribution is -0.141. The van der Waals surface area contributed by atoms with Crippen LogP contribution < -0.4 is 10.6 Å². The molecule has 2 rings (SSSR count). The van der Waals surface area contributed by atoms with E-state index in [1.165, 1.54) is 0 Å². The molecule has 0 spiro atoms. The summed E-state index contributed by atoms with van der Waals surface area (Å²) < 4.78 is 0.616. The van der Waals surface area contributed by atoms with E-state index >= 15 is 0 Å². The summed E-state index contributed by atoms with van der Waals surface area (Å²) in [7, 11) is 0. The van der Waals surface area contributed by atoms with Gasteiger partial charge < -0.3 is 15.7 Å². The molecule has 3 N–H and O–H groups in total. The first-order valence-corrected chi connectivity index (χ1v) is 7.80. The average Bonchev–Trinajstić information content (AvgIpc) is 2.37. The maximum atomic E-state index is 11.9. The molecule has 1 saturated carbocycles. The number of benzene rings is 1. The first kappa shape index (κ1) is 16.1. The van der Waals surface area contributed by atoms with Gasteiger partial charge >= 0.3 is 12.0 Å². The lowest BCUT2D eigenvalue weighted by atomic mass is 9.66. The van der Waals surface area contributed by atoms with Crippen LogP contribution in [-0.4, -0.2) is 23.7 Å². The summed E-state index contributed by atoms with van der Waals surface area (Å²) in [4.78, 5) is 22.8. The van der Waals surface area contributed by atoms with E-state index in [0.717, 1.165) is 19.3 Å². The van der Waals surface area contributed by atoms with Crippen LogP contribution in [-0.2, 0) is 4.79 Å². The van der Waals surface area contributed by atoms with E-state index in [0.29, 0.717) is 21.7 Å². The maximum Gasteiger partial charge on any atom is 0.319 e. The molecular weight excluding hydrogens is 360 g/mol. The van der Waals surface area contributed by atoms with Gasteiger partial charge in [-0.1, -0.05) is 24.1 Å². The summed E-state index contributed by atoms with van der Waals surface area (Å²) in [6.45, 7) is 0.364.